The van der Waals surface area contributed by atoms with Crippen LogP contribution in [0, 0.1) is 6.92 Å². The number of urea groups is 1. The molecule has 0 aliphatic rings. The number of hydrogen-bond donors (Lipinski definition) is 2. The van der Waals surface area contributed by atoms with Crippen LogP contribution < -0.4 is 20.1 Å². The third-order valence-corrected chi connectivity index (χ3v) is 4.28. The van der Waals surface area contributed by atoms with Crippen molar-refractivity contribution in [2.75, 3.05) is 14.2 Å². The van der Waals surface area contributed by atoms with Crippen molar-refractivity contribution in [2.24, 2.45) is 0 Å². The molecule has 0 unspecified atom stereocenters. The first-order valence-corrected chi connectivity index (χ1v) is 8.08. The quantitative estimate of drug-likeness (QED) is 0.851. The zero-order valence-corrected chi connectivity index (χ0v) is 14.5. The zero-order valence-electron chi connectivity index (χ0n) is 13.7. The lowest BCUT2D eigenvalue weighted by Gasteiger charge is -2.18. The Morgan fingerprint density at radius 1 is 1.35 bits per heavy atom. The van der Waals surface area contributed by atoms with Gasteiger partial charge in [-0.25, -0.2) is 9.78 Å². The van der Waals surface area contributed by atoms with Gasteiger partial charge in [0.15, 0.2) is 0 Å². The van der Waals surface area contributed by atoms with Crippen molar-refractivity contribution in [3.05, 3.63) is 39.8 Å². The van der Waals surface area contributed by atoms with Gasteiger partial charge >= 0.3 is 6.03 Å². The van der Waals surface area contributed by atoms with Crippen LogP contribution >= 0.6 is 11.3 Å². The van der Waals surface area contributed by atoms with Gasteiger partial charge in [-0.15, -0.1) is 11.3 Å². The summed E-state index contributed by atoms with van der Waals surface area (Å²) in [6.07, 6.45) is 0. The zero-order chi connectivity index (χ0) is 16.8. The topological polar surface area (TPSA) is 72.5 Å². The van der Waals surface area contributed by atoms with Crippen LogP contribution in [0.1, 0.15) is 29.2 Å². The van der Waals surface area contributed by atoms with Gasteiger partial charge < -0.3 is 20.1 Å². The number of hydrogen-bond acceptors (Lipinski definition) is 5. The molecular formula is C16H21N3O3S. The summed E-state index contributed by atoms with van der Waals surface area (Å²) in [5.74, 6) is 1.42. The number of nitrogens with one attached hydrogen (secondary N) is 2. The molecule has 0 saturated carbocycles. The molecule has 2 amide bonds. The lowest BCUT2D eigenvalue weighted by molar-refractivity contribution is 0.237. The molecule has 0 spiro atoms. The lowest BCUT2D eigenvalue weighted by atomic mass is 10.1. The fourth-order valence-corrected chi connectivity index (χ4v) is 2.85. The number of thiazole rings is 1. The number of ether oxygens (including phenoxy) is 2. The monoisotopic (exact) mass is 335 g/mol. The van der Waals surface area contributed by atoms with E-state index in [0.29, 0.717) is 18.0 Å². The average molecular weight is 335 g/mol. The van der Waals surface area contributed by atoms with Crippen molar-refractivity contribution in [1.29, 1.82) is 0 Å². The van der Waals surface area contributed by atoms with Crippen molar-refractivity contribution in [1.82, 2.24) is 15.6 Å². The minimum Gasteiger partial charge on any atom is -0.497 e. The molecule has 0 radical (unpaired) electrons. The number of rotatable bonds is 6. The number of benzene rings is 1. The van der Waals surface area contributed by atoms with Crippen molar-refractivity contribution >= 4 is 17.4 Å². The molecule has 1 aromatic heterocycles. The summed E-state index contributed by atoms with van der Waals surface area (Å²) in [4.78, 5) is 16.4. The Hall–Kier alpha value is -2.28. The maximum absolute atomic E-state index is 12.0. The van der Waals surface area contributed by atoms with E-state index in [1.807, 2.05) is 37.4 Å². The molecular weight excluding hydrogens is 314 g/mol. The summed E-state index contributed by atoms with van der Waals surface area (Å²) in [7, 11) is 3.20. The van der Waals surface area contributed by atoms with Crippen LogP contribution in [0.3, 0.4) is 0 Å². The van der Waals surface area contributed by atoms with Crippen LogP contribution in [0.5, 0.6) is 11.5 Å². The maximum atomic E-state index is 12.0. The standard InChI is InChI=1S/C16H21N3O3S/c1-10-9-23-15(18-10)8-17-16(20)19-11(2)13-7-12(21-3)5-6-14(13)22-4/h5-7,9,11H,8H2,1-4H3,(H2,17,19,20)/t11-/m0/s1. The Kier molecular flexibility index (Phi) is 5.81. The molecule has 0 aliphatic carbocycles. The van der Waals surface area contributed by atoms with Crippen molar-refractivity contribution < 1.29 is 14.3 Å². The summed E-state index contributed by atoms with van der Waals surface area (Å²) in [5, 5.41) is 8.53. The van der Waals surface area contributed by atoms with Crippen LogP contribution in [-0.2, 0) is 6.54 Å². The highest BCUT2D eigenvalue weighted by Gasteiger charge is 2.15. The minimum absolute atomic E-state index is 0.224. The van der Waals surface area contributed by atoms with Crippen LogP contribution in [-0.4, -0.2) is 25.2 Å². The van der Waals surface area contributed by atoms with Gasteiger partial charge in [-0.05, 0) is 32.0 Å². The normalized spacial score (nSPS) is 11.7. The van der Waals surface area contributed by atoms with Gasteiger partial charge in [-0.1, -0.05) is 0 Å². The van der Waals surface area contributed by atoms with Gasteiger partial charge in [0, 0.05) is 16.6 Å². The van der Waals surface area contributed by atoms with Crippen LogP contribution in [0.15, 0.2) is 23.6 Å². The Morgan fingerprint density at radius 3 is 2.74 bits per heavy atom. The van der Waals surface area contributed by atoms with E-state index in [2.05, 4.69) is 15.6 Å². The molecule has 7 heteroatoms. The minimum atomic E-state index is -0.254. The molecule has 1 aromatic carbocycles. The highest BCUT2D eigenvalue weighted by molar-refractivity contribution is 7.09. The molecule has 2 N–H and O–H groups in total. The molecule has 0 bridgehead atoms. The molecule has 0 aliphatic heterocycles. The van der Waals surface area contributed by atoms with Crippen LogP contribution in [0.4, 0.5) is 4.79 Å². The van der Waals surface area contributed by atoms with E-state index in [4.69, 9.17) is 9.47 Å². The molecule has 1 heterocycles. The number of amides is 2. The first-order chi connectivity index (χ1) is 11.0. The number of methoxy groups -OCH3 is 2. The van der Waals surface area contributed by atoms with E-state index in [-0.39, 0.29) is 12.1 Å². The van der Waals surface area contributed by atoms with E-state index in [9.17, 15) is 4.79 Å². The number of aromatic nitrogens is 1. The molecule has 0 fully saturated rings. The lowest BCUT2D eigenvalue weighted by Crippen LogP contribution is -2.36. The fraction of sp³-hybridized carbons (Fsp3) is 0.375. The summed E-state index contributed by atoms with van der Waals surface area (Å²) in [6, 6.07) is 5.02. The molecule has 1 atom stereocenters. The molecule has 2 aromatic rings. The third kappa shape index (κ3) is 4.59. The number of aryl methyl sites for hydroxylation is 1. The molecule has 6 nitrogen and oxygen atoms in total. The number of carbonyl (C=O) groups is 1. The average Bonchev–Trinajstić information content (AvgIpc) is 2.97. The second-order valence-corrected chi connectivity index (χ2v) is 5.98. The van der Waals surface area contributed by atoms with Gasteiger partial charge in [0.2, 0.25) is 0 Å². The number of nitrogens with zero attached hydrogens (tertiary/aromatic N) is 1. The Bertz CT molecular complexity index is 672. The fourth-order valence-electron chi connectivity index (χ4n) is 2.14. The van der Waals surface area contributed by atoms with Gasteiger partial charge in [0.1, 0.15) is 16.5 Å². The summed E-state index contributed by atoms with van der Waals surface area (Å²) < 4.78 is 10.6. The SMILES string of the molecule is COc1ccc(OC)c([C@H](C)NC(=O)NCc2nc(C)cs2)c1. The van der Waals surface area contributed by atoms with Crippen LogP contribution in [0.25, 0.3) is 0 Å². The molecule has 0 saturated heterocycles. The Morgan fingerprint density at radius 2 is 2.13 bits per heavy atom. The largest absolute Gasteiger partial charge is 0.497 e. The molecule has 124 valence electrons. The van der Waals surface area contributed by atoms with Gasteiger partial charge in [-0.2, -0.15) is 0 Å². The first kappa shape index (κ1) is 17.1. The second-order valence-electron chi connectivity index (χ2n) is 5.04. The summed E-state index contributed by atoms with van der Waals surface area (Å²) >= 11 is 1.53. The van der Waals surface area contributed by atoms with E-state index in [1.165, 1.54) is 11.3 Å². The number of carbonyl (C=O) groups excluding carboxylic acids is 1. The van der Waals surface area contributed by atoms with Crippen molar-refractivity contribution in [3.8, 4) is 11.5 Å². The summed E-state index contributed by atoms with van der Waals surface area (Å²) in [5.41, 5.74) is 1.81. The molecule has 23 heavy (non-hydrogen) atoms. The van der Waals surface area contributed by atoms with Crippen molar-refractivity contribution in [3.63, 3.8) is 0 Å². The smallest absolute Gasteiger partial charge is 0.315 e. The van der Waals surface area contributed by atoms with Gasteiger partial charge in [0.25, 0.3) is 0 Å². The third-order valence-electron chi connectivity index (χ3n) is 3.32. The maximum Gasteiger partial charge on any atom is 0.315 e. The highest BCUT2D eigenvalue weighted by Crippen LogP contribution is 2.29. The van der Waals surface area contributed by atoms with Crippen molar-refractivity contribution in [2.45, 2.75) is 26.4 Å². The Balaban J connectivity index is 1.97. The highest BCUT2D eigenvalue weighted by atomic mass is 32.1. The predicted molar refractivity (Wildman–Crippen MR) is 90.2 cm³/mol. The summed E-state index contributed by atoms with van der Waals surface area (Å²) in [6.45, 7) is 4.23. The van der Waals surface area contributed by atoms with E-state index >= 15 is 0 Å². The predicted octanol–water partition coefficient (Wildman–Crippen LogP) is 3.03. The first-order valence-electron chi connectivity index (χ1n) is 7.20. The van der Waals surface area contributed by atoms with E-state index in [0.717, 1.165) is 16.3 Å². The Labute approximate surface area is 139 Å². The van der Waals surface area contributed by atoms with Gasteiger partial charge in [0.05, 0.1) is 26.8 Å². The van der Waals surface area contributed by atoms with E-state index in [1.54, 1.807) is 14.2 Å². The second kappa shape index (κ2) is 7.82. The molecule has 2 rings (SSSR count). The van der Waals surface area contributed by atoms with Crippen LogP contribution in [0.2, 0.25) is 0 Å². The van der Waals surface area contributed by atoms with E-state index < -0.39 is 0 Å². The van der Waals surface area contributed by atoms with Gasteiger partial charge in [-0.3, -0.25) is 0 Å².